The number of aromatic nitrogens is 2. The van der Waals surface area contributed by atoms with Crippen LogP contribution in [0.4, 0.5) is 19.0 Å². The zero-order chi connectivity index (χ0) is 25.4. The quantitative estimate of drug-likeness (QED) is 0.556. The SMILES string of the molecule is C#C[C@@H](Nc1nc(C)nc(CC(=O)NC2(C)CC2)c1C1OC=CO1)c1cccc(C(F)(F)F)c1C. The fraction of sp³-hybridized carbons (Fsp3) is 0.400. The number of aryl methyl sites for hydroxylation is 1. The molecular weight excluding hydrogens is 461 g/mol. The molecule has 10 heteroatoms. The topological polar surface area (TPSA) is 85.4 Å². The van der Waals surface area contributed by atoms with E-state index in [1.807, 2.05) is 6.92 Å². The fourth-order valence-electron chi connectivity index (χ4n) is 3.97. The van der Waals surface area contributed by atoms with Crippen molar-refractivity contribution in [3.05, 3.63) is 64.5 Å². The Labute approximate surface area is 201 Å². The van der Waals surface area contributed by atoms with Crippen LogP contribution in [0.15, 0.2) is 30.7 Å². The van der Waals surface area contributed by atoms with Gasteiger partial charge in [-0.25, -0.2) is 9.97 Å². The van der Waals surface area contributed by atoms with Gasteiger partial charge in [0.15, 0.2) is 0 Å². The number of anilines is 1. The monoisotopic (exact) mass is 486 g/mol. The van der Waals surface area contributed by atoms with Crippen LogP contribution < -0.4 is 10.6 Å². The van der Waals surface area contributed by atoms with Crippen molar-refractivity contribution in [3.63, 3.8) is 0 Å². The number of carbonyl (C=O) groups excluding carboxylic acids is 1. The normalized spacial score (nSPS) is 17.2. The van der Waals surface area contributed by atoms with E-state index in [-0.39, 0.29) is 34.8 Å². The number of benzene rings is 1. The highest BCUT2D eigenvalue weighted by atomic mass is 19.4. The number of carbonyl (C=O) groups is 1. The average molecular weight is 486 g/mol. The van der Waals surface area contributed by atoms with Crippen molar-refractivity contribution in [2.45, 2.75) is 64.1 Å². The number of rotatable bonds is 7. The molecule has 1 aromatic carbocycles. The minimum atomic E-state index is -4.52. The molecule has 0 bridgehead atoms. The van der Waals surface area contributed by atoms with E-state index >= 15 is 0 Å². The lowest BCUT2D eigenvalue weighted by atomic mass is 9.96. The van der Waals surface area contributed by atoms with Crippen molar-refractivity contribution in [2.75, 3.05) is 5.32 Å². The second-order valence-electron chi connectivity index (χ2n) is 8.90. The molecule has 4 rings (SSSR count). The van der Waals surface area contributed by atoms with Crippen LogP contribution in [0.1, 0.15) is 65.9 Å². The summed E-state index contributed by atoms with van der Waals surface area (Å²) < 4.78 is 51.4. The summed E-state index contributed by atoms with van der Waals surface area (Å²) in [4.78, 5) is 21.6. The zero-order valence-corrected chi connectivity index (χ0v) is 19.5. The lowest BCUT2D eigenvalue weighted by molar-refractivity contribution is -0.138. The smallest absolute Gasteiger partial charge is 0.416 e. The molecule has 0 unspecified atom stereocenters. The van der Waals surface area contributed by atoms with Crippen LogP contribution in [-0.2, 0) is 26.9 Å². The Kier molecular flexibility index (Phi) is 6.36. The van der Waals surface area contributed by atoms with Crippen LogP contribution in [-0.4, -0.2) is 21.4 Å². The minimum absolute atomic E-state index is 0.00934. The number of alkyl halides is 3. The van der Waals surface area contributed by atoms with E-state index in [2.05, 4.69) is 26.5 Å². The second-order valence-corrected chi connectivity index (χ2v) is 8.90. The molecule has 0 radical (unpaired) electrons. The highest BCUT2D eigenvalue weighted by Gasteiger charge is 2.39. The van der Waals surface area contributed by atoms with Gasteiger partial charge in [-0.1, -0.05) is 18.1 Å². The first-order chi connectivity index (χ1) is 16.5. The number of hydrogen-bond donors (Lipinski definition) is 2. The third kappa shape index (κ3) is 5.34. The van der Waals surface area contributed by atoms with E-state index in [0.717, 1.165) is 18.9 Å². The van der Waals surface area contributed by atoms with E-state index < -0.39 is 24.1 Å². The summed E-state index contributed by atoms with van der Waals surface area (Å²) in [7, 11) is 0. The number of terminal acetylenes is 1. The summed E-state index contributed by atoms with van der Waals surface area (Å²) in [6.45, 7) is 4.98. The molecule has 1 aliphatic carbocycles. The van der Waals surface area contributed by atoms with Crippen LogP contribution in [0.25, 0.3) is 0 Å². The van der Waals surface area contributed by atoms with Crippen molar-refractivity contribution in [1.82, 2.24) is 15.3 Å². The van der Waals surface area contributed by atoms with Crippen molar-refractivity contribution in [3.8, 4) is 12.3 Å². The fourth-order valence-corrected chi connectivity index (χ4v) is 3.97. The van der Waals surface area contributed by atoms with E-state index in [1.54, 1.807) is 6.92 Å². The molecule has 2 aromatic rings. The van der Waals surface area contributed by atoms with Crippen molar-refractivity contribution >= 4 is 11.7 Å². The maximum absolute atomic E-state index is 13.5. The van der Waals surface area contributed by atoms with E-state index in [4.69, 9.17) is 15.9 Å². The van der Waals surface area contributed by atoms with Gasteiger partial charge >= 0.3 is 6.18 Å². The Morgan fingerprint density at radius 2 is 1.94 bits per heavy atom. The first-order valence-corrected chi connectivity index (χ1v) is 11.0. The molecule has 1 aromatic heterocycles. The molecule has 1 fully saturated rings. The predicted octanol–water partition coefficient (Wildman–Crippen LogP) is 4.63. The zero-order valence-electron chi connectivity index (χ0n) is 19.5. The summed E-state index contributed by atoms with van der Waals surface area (Å²) in [6.07, 6.45) is 4.71. The molecule has 1 aliphatic heterocycles. The van der Waals surface area contributed by atoms with E-state index in [0.29, 0.717) is 17.1 Å². The summed E-state index contributed by atoms with van der Waals surface area (Å²) in [5.41, 5.74) is 0.0204. The van der Waals surface area contributed by atoms with Gasteiger partial charge in [0.2, 0.25) is 5.91 Å². The molecule has 184 valence electrons. The Morgan fingerprint density at radius 1 is 1.26 bits per heavy atom. The maximum Gasteiger partial charge on any atom is 0.416 e. The van der Waals surface area contributed by atoms with Crippen LogP contribution in [0.2, 0.25) is 0 Å². The van der Waals surface area contributed by atoms with Crippen LogP contribution >= 0.6 is 0 Å². The number of ether oxygens (including phenoxy) is 2. The molecule has 7 nitrogen and oxygen atoms in total. The van der Waals surface area contributed by atoms with Crippen LogP contribution in [0.3, 0.4) is 0 Å². The molecule has 2 heterocycles. The van der Waals surface area contributed by atoms with Gasteiger partial charge in [0.25, 0.3) is 6.29 Å². The Hall–Kier alpha value is -3.74. The van der Waals surface area contributed by atoms with Crippen molar-refractivity contribution < 1.29 is 27.4 Å². The molecule has 0 spiro atoms. The summed E-state index contributed by atoms with van der Waals surface area (Å²) in [6, 6.07) is 2.90. The van der Waals surface area contributed by atoms with Crippen LogP contribution in [0.5, 0.6) is 0 Å². The van der Waals surface area contributed by atoms with E-state index in [1.165, 1.54) is 31.6 Å². The van der Waals surface area contributed by atoms with Gasteiger partial charge in [-0.05, 0) is 50.8 Å². The Bertz CT molecular complexity index is 1210. The van der Waals surface area contributed by atoms with Crippen molar-refractivity contribution in [2.24, 2.45) is 0 Å². The molecule has 1 saturated carbocycles. The van der Waals surface area contributed by atoms with E-state index in [9.17, 15) is 18.0 Å². The number of amides is 1. The number of halogens is 3. The average Bonchev–Trinajstić information content (AvgIpc) is 3.25. The van der Waals surface area contributed by atoms with Gasteiger partial charge in [-0.15, -0.1) is 6.42 Å². The number of nitrogens with zero attached hydrogens (tertiary/aromatic N) is 2. The van der Waals surface area contributed by atoms with Gasteiger partial charge in [0, 0.05) is 5.54 Å². The molecular formula is C25H25F3N4O3. The molecule has 0 saturated heterocycles. The third-order valence-electron chi connectivity index (χ3n) is 6.04. The van der Waals surface area contributed by atoms with Gasteiger partial charge in [0.05, 0.1) is 23.2 Å². The third-order valence-corrected chi connectivity index (χ3v) is 6.04. The Morgan fingerprint density at radius 3 is 2.54 bits per heavy atom. The highest BCUT2D eigenvalue weighted by molar-refractivity contribution is 5.80. The molecule has 35 heavy (non-hydrogen) atoms. The van der Waals surface area contributed by atoms with Gasteiger partial charge in [-0.3, -0.25) is 4.79 Å². The van der Waals surface area contributed by atoms with Gasteiger partial charge in [0.1, 0.15) is 30.2 Å². The first kappa shape index (κ1) is 24.4. The highest BCUT2D eigenvalue weighted by Crippen LogP contribution is 2.38. The van der Waals surface area contributed by atoms with Crippen LogP contribution in [0, 0.1) is 26.2 Å². The second kappa shape index (κ2) is 9.13. The number of hydrogen-bond acceptors (Lipinski definition) is 6. The molecule has 1 amide bonds. The lowest BCUT2D eigenvalue weighted by Crippen LogP contribution is -2.36. The number of nitrogens with one attached hydrogen (secondary N) is 2. The van der Waals surface area contributed by atoms with Crippen molar-refractivity contribution in [1.29, 1.82) is 0 Å². The standard InChI is InChI=1S/C25H25F3N4O3/c1-5-18(16-7-6-8-17(14(16)2)25(26,27)28)31-22-21(23-34-11-12-35-23)19(29-15(3)30-22)13-20(33)32-24(4)9-10-24/h1,6-8,11-12,18,23H,9-10,13H2,2-4H3,(H,32,33)(H,29,30,31)/t18-/m1/s1. The maximum atomic E-state index is 13.5. The summed E-state index contributed by atoms with van der Waals surface area (Å²) in [5.74, 6) is 2.85. The minimum Gasteiger partial charge on any atom is -0.455 e. The predicted molar refractivity (Wildman–Crippen MR) is 122 cm³/mol. The largest absolute Gasteiger partial charge is 0.455 e. The molecule has 2 N–H and O–H groups in total. The summed E-state index contributed by atoms with van der Waals surface area (Å²) in [5, 5.41) is 6.04. The molecule has 2 aliphatic rings. The van der Waals surface area contributed by atoms with Gasteiger partial charge < -0.3 is 20.1 Å². The first-order valence-electron chi connectivity index (χ1n) is 11.0. The van der Waals surface area contributed by atoms with Gasteiger partial charge in [-0.2, -0.15) is 13.2 Å². The lowest BCUT2D eigenvalue weighted by Gasteiger charge is -2.23. The Balaban J connectivity index is 1.71. The summed E-state index contributed by atoms with van der Waals surface area (Å²) >= 11 is 0. The molecule has 1 atom stereocenters.